The number of benzene rings is 2. The van der Waals surface area contributed by atoms with E-state index in [2.05, 4.69) is 0 Å². The Morgan fingerprint density at radius 2 is 1.62 bits per heavy atom. The fraction of sp³-hybridized carbons (Fsp3) is 0. The maximum atomic E-state index is 10.6. The minimum atomic E-state index is -1.05. The number of carboxylic acid groups (broad SMARTS) is 1. The molecule has 1 N–H and O–H groups in total. The lowest BCUT2D eigenvalue weighted by Crippen LogP contribution is -1.88. The predicted molar refractivity (Wildman–Crippen MR) is 88.6 cm³/mol. The topological polar surface area (TPSA) is 37.3 Å². The lowest BCUT2D eigenvalue weighted by Gasteiger charge is -2.09. The molecule has 0 saturated heterocycles. The van der Waals surface area contributed by atoms with E-state index in [1.807, 2.05) is 0 Å². The molecule has 21 heavy (non-hydrogen) atoms. The van der Waals surface area contributed by atoms with Crippen LogP contribution in [0.1, 0.15) is 5.56 Å². The van der Waals surface area contributed by atoms with Crippen LogP contribution in [0.25, 0.3) is 17.2 Å². The lowest BCUT2D eigenvalue weighted by molar-refractivity contribution is -0.131. The fourth-order valence-corrected chi connectivity index (χ4v) is 2.67. The van der Waals surface area contributed by atoms with Gasteiger partial charge in [0.1, 0.15) is 0 Å². The summed E-state index contributed by atoms with van der Waals surface area (Å²) >= 11 is 24.3. The van der Waals surface area contributed by atoms with Gasteiger partial charge in [-0.25, -0.2) is 4.79 Å². The number of halogens is 4. The monoisotopic (exact) mass is 360 g/mol. The van der Waals surface area contributed by atoms with E-state index in [1.54, 1.807) is 30.3 Å². The van der Waals surface area contributed by atoms with Crippen molar-refractivity contribution in [1.82, 2.24) is 0 Å². The van der Waals surface area contributed by atoms with Crippen molar-refractivity contribution in [2.75, 3.05) is 0 Å². The number of hydrogen-bond acceptors (Lipinski definition) is 1. The molecular weight excluding hydrogens is 354 g/mol. The summed E-state index contributed by atoms with van der Waals surface area (Å²) in [6, 6.07) is 8.57. The first-order valence-corrected chi connectivity index (χ1v) is 7.25. The Morgan fingerprint density at radius 3 is 2.19 bits per heavy atom. The highest BCUT2D eigenvalue weighted by atomic mass is 35.5. The van der Waals surface area contributed by atoms with Crippen LogP contribution < -0.4 is 0 Å². The number of aliphatic carboxylic acids is 1. The summed E-state index contributed by atoms with van der Waals surface area (Å²) in [4.78, 5) is 10.6. The molecule has 0 unspecified atom stereocenters. The smallest absolute Gasteiger partial charge is 0.328 e. The minimum Gasteiger partial charge on any atom is -0.478 e. The fourth-order valence-electron chi connectivity index (χ4n) is 1.77. The molecule has 0 saturated carbocycles. The Morgan fingerprint density at radius 1 is 1.00 bits per heavy atom. The first-order valence-electron chi connectivity index (χ1n) is 5.74. The van der Waals surface area contributed by atoms with Crippen molar-refractivity contribution in [3.05, 3.63) is 62.1 Å². The average Bonchev–Trinajstić information content (AvgIpc) is 2.43. The van der Waals surface area contributed by atoms with Gasteiger partial charge in [-0.05, 0) is 29.3 Å². The van der Waals surface area contributed by atoms with Crippen LogP contribution in [0, 0.1) is 0 Å². The van der Waals surface area contributed by atoms with E-state index >= 15 is 0 Å². The highest BCUT2D eigenvalue weighted by Gasteiger charge is 2.11. The Kier molecular flexibility index (Phi) is 5.17. The van der Waals surface area contributed by atoms with Crippen LogP contribution in [-0.2, 0) is 4.79 Å². The Bertz CT molecular complexity index is 715. The molecule has 2 rings (SSSR count). The third-order valence-electron chi connectivity index (χ3n) is 2.73. The lowest BCUT2D eigenvalue weighted by atomic mass is 10.0. The van der Waals surface area contributed by atoms with E-state index in [4.69, 9.17) is 51.5 Å². The van der Waals surface area contributed by atoms with Crippen molar-refractivity contribution in [3.63, 3.8) is 0 Å². The molecule has 0 aliphatic carbocycles. The number of hydrogen-bond donors (Lipinski definition) is 1. The van der Waals surface area contributed by atoms with E-state index in [1.165, 1.54) is 6.08 Å². The standard InChI is InChI=1S/C15H8Cl4O2/c16-11-6-9(7-12(17)15(11)19)10-3-1-2-8(14(10)18)4-5-13(20)21/h1-7H,(H,20,21)/b5-4+. The molecule has 0 aromatic heterocycles. The summed E-state index contributed by atoms with van der Waals surface area (Å²) in [5, 5.41) is 10.0. The second kappa shape index (κ2) is 6.71. The van der Waals surface area contributed by atoms with Crippen molar-refractivity contribution >= 4 is 58.4 Å². The van der Waals surface area contributed by atoms with Crippen molar-refractivity contribution in [3.8, 4) is 11.1 Å². The van der Waals surface area contributed by atoms with Crippen LogP contribution in [0.2, 0.25) is 20.1 Å². The largest absolute Gasteiger partial charge is 0.478 e. The summed E-state index contributed by atoms with van der Waals surface area (Å²) < 4.78 is 0. The van der Waals surface area contributed by atoms with Gasteiger partial charge in [-0.15, -0.1) is 0 Å². The van der Waals surface area contributed by atoms with Crippen LogP contribution in [0.15, 0.2) is 36.4 Å². The number of rotatable bonds is 3. The van der Waals surface area contributed by atoms with Crippen LogP contribution in [0.3, 0.4) is 0 Å². The molecule has 0 fully saturated rings. The van der Waals surface area contributed by atoms with Crippen molar-refractivity contribution in [2.45, 2.75) is 0 Å². The second-order valence-electron chi connectivity index (χ2n) is 4.13. The van der Waals surface area contributed by atoms with Gasteiger partial charge in [0.2, 0.25) is 0 Å². The van der Waals surface area contributed by atoms with Crippen molar-refractivity contribution in [2.24, 2.45) is 0 Å². The third-order valence-corrected chi connectivity index (χ3v) is 4.35. The molecule has 2 aromatic rings. The van der Waals surface area contributed by atoms with Gasteiger partial charge in [0.25, 0.3) is 0 Å². The number of carbonyl (C=O) groups is 1. The Labute approximate surface area is 141 Å². The maximum Gasteiger partial charge on any atom is 0.328 e. The van der Waals surface area contributed by atoms with Gasteiger partial charge < -0.3 is 5.11 Å². The summed E-state index contributed by atoms with van der Waals surface area (Å²) in [5.41, 5.74) is 1.97. The van der Waals surface area contributed by atoms with Gasteiger partial charge in [0, 0.05) is 11.6 Å². The SMILES string of the molecule is O=C(O)/C=C/c1cccc(-c2cc(Cl)c(Cl)c(Cl)c2)c1Cl. The molecule has 0 bridgehead atoms. The van der Waals surface area contributed by atoms with Crippen LogP contribution in [-0.4, -0.2) is 11.1 Å². The maximum absolute atomic E-state index is 10.6. The zero-order valence-electron chi connectivity index (χ0n) is 10.4. The van der Waals surface area contributed by atoms with E-state index in [-0.39, 0.29) is 5.02 Å². The molecule has 2 nitrogen and oxygen atoms in total. The van der Waals surface area contributed by atoms with Gasteiger partial charge in [0.15, 0.2) is 0 Å². The Hall–Kier alpha value is -1.19. The van der Waals surface area contributed by atoms with Gasteiger partial charge in [-0.3, -0.25) is 0 Å². The van der Waals surface area contributed by atoms with Gasteiger partial charge in [-0.2, -0.15) is 0 Å². The van der Waals surface area contributed by atoms with E-state index in [0.29, 0.717) is 31.8 Å². The molecule has 0 aliphatic rings. The molecular formula is C15H8Cl4O2. The van der Waals surface area contributed by atoms with E-state index in [9.17, 15) is 4.79 Å². The van der Waals surface area contributed by atoms with Crippen molar-refractivity contribution in [1.29, 1.82) is 0 Å². The summed E-state index contributed by atoms with van der Waals surface area (Å²) in [6.45, 7) is 0. The third kappa shape index (κ3) is 3.72. The normalized spacial score (nSPS) is 11.0. The first-order chi connectivity index (χ1) is 9.90. The minimum absolute atomic E-state index is 0.278. The summed E-state index contributed by atoms with van der Waals surface area (Å²) in [5.74, 6) is -1.05. The van der Waals surface area contributed by atoms with Gasteiger partial charge >= 0.3 is 5.97 Å². The predicted octanol–water partition coefficient (Wildman–Crippen LogP) is 6.07. The number of carboxylic acids is 1. The molecule has 0 aliphatic heterocycles. The van der Waals surface area contributed by atoms with E-state index < -0.39 is 5.97 Å². The van der Waals surface area contributed by atoms with Gasteiger partial charge in [0.05, 0.1) is 20.1 Å². The molecule has 0 atom stereocenters. The highest BCUT2D eigenvalue weighted by molar-refractivity contribution is 6.48. The first kappa shape index (κ1) is 16.2. The zero-order chi connectivity index (χ0) is 15.6. The molecule has 2 aromatic carbocycles. The molecule has 108 valence electrons. The summed E-state index contributed by atoms with van der Waals surface area (Å²) in [6.07, 6.45) is 2.44. The van der Waals surface area contributed by atoms with E-state index in [0.717, 1.165) is 6.08 Å². The quantitative estimate of drug-likeness (QED) is 0.532. The summed E-state index contributed by atoms with van der Waals surface area (Å²) in [7, 11) is 0. The molecule has 6 heteroatoms. The molecule has 0 amide bonds. The average molecular weight is 362 g/mol. The highest BCUT2D eigenvalue weighted by Crippen LogP contribution is 2.38. The second-order valence-corrected chi connectivity index (χ2v) is 5.70. The zero-order valence-corrected chi connectivity index (χ0v) is 13.4. The van der Waals surface area contributed by atoms with Crippen molar-refractivity contribution < 1.29 is 9.90 Å². The van der Waals surface area contributed by atoms with Crippen LogP contribution in [0.5, 0.6) is 0 Å². The van der Waals surface area contributed by atoms with Crippen LogP contribution in [0.4, 0.5) is 0 Å². The Balaban J connectivity index is 2.55. The van der Waals surface area contributed by atoms with Gasteiger partial charge in [-0.1, -0.05) is 64.6 Å². The molecule has 0 heterocycles. The molecule has 0 spiro atoms. The molecule has 0 radical (unpaired) electrons. The van der Waals surface area contributed by atoms with Crippen LogP contribution >= 0.6 is 46.4 Å².